The Morgan fingerprint density at radius 1 is 1.37 bits per heavy atom. The molecule has 0 unspecified atom stereocenters. The molecule has 0 bridgehead atoms. The molecule has 94 valence electrons. The highest BCUT2D eigenvalue weighted by atomic mass is 32.1. The van der Waals surface area contributed by atoms with E-state index in [4.69, 9.17) is 17.5 Å². The monoisotopic (exact) mass is 269 g/mol. The van der Waals surface area contributed by atoms with Crippen molar-refractivity contribution >= 4 is 23.3 Å². The molecule has 2 aromatic heterocycles. The first-order valence-electron chi connectivity index (χ1n) is 5.88. The van der Waals surface area contributed by atoms with Gasteiger partial charge in [0.2, 0.25) is 0 Å². The smallest absolute Gasteiger partial charge is 0.178 e. The Bertz CT molecular complexity index is 804. The molecule has 0 aliphatic heterocycles. The molecule has 0 saturated heterocycles. The molecule has 0 aliphatic carbocycles. The van der Waals surface area contributed by atoms with E-state index < -0.39 is 0 Å². The van der Waals surface area contributed by atoms with Crippen LogP contribution >= 0.6 is 12.2 Å². The second-order valence-corrected chi connectivity index (χ2v) is 4.58. The number of nitrogens with zero attached hydrogens (tertiary/aromatic N) is 4. The van der Waals surface area contributed by atoms with Crippen LogP contribution in [0.25, 0.3) is 11.0 Å². The van der Waals surface area contributed by atoms with Crippen molar-refractivity contribution in [3.63, 3.8) is 0 Å². The Balaban J connectivity index is 2.00. The molecular weight excluding hydrogens is 258 g/mol. The van der Waals surface area contributed by atoms with Crippen LogP contribution in [0.2, 0.25) is 0 Å². The minimum absolute atomic E-state index is 0.634. The molecule has 0 saturated carbocycles. The standard InChI is InChI=1S/C13H11N5S/c14-9-10-2-3-11-12(8-10)18(13(19)16-11)7-6-17-5-1-4-15-17/h1-5,8H,6-7H2,(H,16,19). The first-order chi connectivity index (χ1) is 9.28. The third kappa shape index (κ3) is 2.16. The number of benzene rings is 1. The van der Waals surface area contributed by atoms with Crippen molar-refractivity contribution in [3.05, 3.63) is 47.0 Å². The third-order valence-electron chi connectivity index (χ3n) is 3.02. The lowest BCUT2D eigenvalue weighted by molar-refractivity contribution is 0.538. The van der Waals surface area contributed by atoms with E-state index in [0.29, 0.717) is 10.3 Å². The van der Waals surface area contributed by atoms with E-state index in [1.165, 1.54) is 0 Å². The van der Waals surface area contributed by atoms with Crippen LogP contribution in [0.4, 0.5) is 0 Å². The van der Waals surface area contributed by atoms with Crippen molar-refractivity contribution in [2.24, 2.45) is 0 Å². The largest absolute Gasteiger partial charge is 0.331 e. The maximum atomic E-state index is 8.97. The number of aryl methyl sites for hydroxylation is 2. The Hall–Kier alpha value is -2.39. The molecule has 1 N–H and O–H groups in total. The van der Waals surface area contributed by atoms with Crippen molar-refractivity contribution in [2.75, 3.05) is 0 Å². The Morgan fingerprint density at radius 2 is 2.26 bits per heavy atom. The van der Waals surface area contributed by atoms with Gasteiger partial charge in [-0.2, -0.15) is 10.4 Å². The minimum atomic E-state index is 0.634. The van der Waals surface area contributed by atoms with Crippen LogP contribution < -0.4 is 0 Å². The fourth-order valence-electron chi connectivity index (χ4n) is 2.08. The molecule has 0 spiro atoms. The zero-order valence-electron chi connectivity index (χ0n) is 10.1. The molecule has 0 fully saturated rings. The Morgan fingerprint density at radius 3 is 3.00 bits per heavy atom. The molecule has 2 heterocycles. The average Bonchev–Trinajstić information content (AvgIpc) is 3.03. The van der Waals surface area contributed by atoms with Crippen molar-refractivity contribution in [3.8, 4) is 6.07 Å². The number of nitriles is 1. The number of rotatable bonds is 3. The predicted molar refractivity (Wildman–Crippen MR) is 74.1 cm³/mol. The molecular formula is C13H11N5S. The number of nitrogens with one attached hydrogen (secondary N) is 1. The summed E-state index contributed by atoms with van der Waals surface area (Å²) in [7, 11) is 0. The fraction of sp³-hybridized carbons (Fsp3) is 0.154. The summed E-state index contributed by atoms with van der Waals surface area (Å²) >= 11 is 5.32. The third-order valence-corrected chi connectivity index (χ3v) is 3.34. The lowest BCUT2D eigenvalue weighted by Gasteiger charge is -2.05. The maximum Gasteiger partial charge on any atom is 0.178 e. The molecule has 6 heteroatoms. The molecule has 0 radical (unpaired) electrons. The van der Waals surface area contributed by atoms with Crippen molar-refractivity contribution in [1.82, 2.24) is 19.3 Å². The zero-order valence-corrected chi connectivity index (χ0v) is 10.9. The van der Waals surface area contributed by atoms with Crippen LogP contribution in [0.15, 0.2) is 36.7 Å². The number of hydrogen-bond donors (Lipinski definition) is 1. The zero-order chi connectivity index (χ0) is 13.2. The van der Waals surface area contributed by atoms with E-state index in [1.54, 1.807) is 12.3 Å². The number of aromatic amines is 1. The summed E-state index contributed by atoms with van der Waals surface area (Å²) in [5.74, 6) is 0. The number of aromatic nitrogens is 4. The lowest BCUT2D eigenvalue weighted by atomic mass is 10.2. The van der Waals surface area contributed by atoms with Gasteiger partial charge in [0.15, 0.2) is 4.77 Å². The molecule has 3 aromatic rings. The number of imidazole rings is 1. The van der Waals surface area contributed by atoms with Crippen LogP contribution in [-0.2, 0) is 13.1 Å². The van der Waals surface area contributed by atoms with Crippen molar-refractivity contribution in [1.29, 1.82) is 5.26 Å². The van der Waals surface area contributed by atoms with Crippen LogP contribution in [0.3, 0.4) is 0 Å². The summed E-state index contributed by atoms with van der Waals surface area (Å²) in [4.78, 5) is 3.15. The van der Waals surface area contributed by atoms with Gasteiger partial charge in [0, 0.05) is 18.9 Å². The molecule has 3 rings (SSSR count). The van der Waals surface area contributed by atoms with Crippen molar-refractivity contribution < 1.29 is 0 Å². The van der Waals surface area contributed by atoms with E-state index in [0.717, 1.165) is 24.1 Å². The topological polar surface area (TPSA) is 62.3 Å². The molecule has 1 aromatic carbocycles. The Kier molecular flexibility index (Phi) is 2.89. The first-order valence-corrected chi connectivity index (χ1v) is 6.29. The van der Waals surface area contributed by atoms with E-state index in [9.17, 15) is 0 Å². The summed E-state index contributed by atoms with van der Waals surface area (Å²) in [6.07, 6.45) is 3.67. The van der Waals surface area contributed by atoms with E-state index in [1.807, 2.05) is 33.6 Å². The normalized spacial score (nSPS) is 10.7. The first kappa shape index (κ1) is 11.7. The van der Waals surface area contributed by atoms with Gasteiger partial charge >= 0.3 is 0 Å². The quantitative estimate of drug-likeness (QED) is 0.743. The second-order valence-electron chi connectivity index (χ2n) is 4.19. The number of fused-ring (bicyclic) bond motifs is 1. The van der Waals surface area contributed by atoms with Crippen LogP contribution in [0.1, 0.15) is 5.56 Å². The second kappa shape index (κ2) is 4.71. The predicted octanol–water partition coefficient (Wildman–Crippen LogP) is 2.47. The molecule has 0 aliphatic rings. The van der Waals surface area contributed by atoms with Gasteiger partial charge in [-0.3, -0.25) is 4.68 Å². The molecule has 19 heavy (non-hydrogen) atoms. The van der Waals surface area contributed by atoms with E-state index >= 15 is 0 Å². The van der Waals surface area contributed by atoms with E-state index in [2.05, 4.69) is 16.2 Å². The lowest BCUT2D eigenvalue weighted by Crippen LogP contribution is -2.07. The van der Waals surface area contributed by atoms with Gasteiger partial charge in [-0.05, 0) is 36.5 Å². The minimum Gasteiger partial charge on any atom is -0.331 e. The maximum absolute atomic E-state index is 8.97. The molecule has 5 nitrogen and oxygen atoms in total. The van der Waals surface area contributed by atoms with Crippen molar-refractivity contribution in [2.45, 2.75) is 13.1 Å². The summed E-state index contributed by atoms with van der Waals surface area (Å²) in [6.45, 7) is 1.46. The van der Waals surface area contributed by atoms with Gasteiger partial charge in [-0.25, -0.2) is 0 Å². The summed E-state index contributed by atoms with van der Waals surface area (Å²) in [5.41, 5.74) is 2.54. The molecule has 0 atom stereocenters. The summed E-state index contributed by atoms with van der Waals surface area (Å²) in [5, 5.41) is 13.1. The number of H-pyrrole nitrogens is 1. The SMILES string of the molecule is N#Cc1ccc2[nH]c(=S)n(CCn3cccn3)c2c1. The van der Waals surface area contributed by atoms with Gasteiger partial charge in [-0.1, -0.05) is 0 Å². The molecule has 0 amide bonds. The van der Waals surface area contributed by atoms with Gasteiger partial charge in [0.05, 0.1) is 29.2 Å². The highest BCUT2D eigenvalue weighted by Crippen LogP contribution is 2.16. The van der Waals surface area contributed by atoms with Gasteiger partial charge in [0.25, 0.3) is 0 Å². The summed E-state index contributed by atoms with van der Waals surface area (Å²) in [6, 6.07) is 9.56. The average molecular weight is 269 g/mol. The highest BCUT2D eigenvalue weighted by molar-refractivity contribution is 7.71. The Labute approximate surface area is 114 Å². The van der Waals surface area contributed by atoms with Crippen LogP contribution in [-0.4, -0.2) is 19.3 Å². The van der Waals surface area contributed by atoms with Gasteiger partial charge in [0.1, 0.15) is 0 Å². The van der Waals surface area contributed by atoms with E-state index in [-0.39, 0.29) is 0 Å². The highest BCUT2D eigenvalue weighted by Gasteiger charge is 2.05. The van der Waals surface area contributed by atoms with Crippen LogP contribution in [0, 0.1) is 16.1 Å². The van der Waals surface area contributed by atoms with Gasteiger partial charge in [-0.15, -0.1) is 0 Å². The summed E-state index contributed by atoms with van der Waals surface area (Å²) < 4.78 is 4.51. The van der Waals surface area contributed by atoms with Gasteiger partial charge < -0.3 is 9.55 Å². The number of hydrogen-bond acceptors (Lipinski definition) is 3. The van der Waals surface area contributed by atoms with Crippen LogP contribution in [0.5, 0.6) is 0 Å². The fourth-order valence-corrected chi connectivity index (χ4v) is 2.38.